The van der Waals surface area contributed by atoms with Gasteiger partial charge in [-0.1, -0.05) is 0 Å². The molecule has 2 aliphatic rings. The van der Waals surface area contributed by atoms with Gasteiger partial charge in [-0.05, 0) is 47.0 Å². The summed E-state index contributed by atoms with van der Waals surface area (Å²) in [7, 11) is 0. The highest BCUT2D eigenvalue weighted by molar-refractivity contribution is 5.68. The number of likely N-dealkylation sites (tertiary alicyclic amines) is 1. The number of ether oxygens (including phenoxy) is 2. The summed E-state index contributed by atoms with van der Waals surface area (Å²) in [6, 6.07) is 0.119. The molecule has 0 unspecified atom stereocenters. The molecule has 24 heavy (non-hydrogen) atoms. The highest BCUT2D eigenvalue weighted by Gasteiger charge is 2.30. The van der Waals surface area contributed by atoms with E-state index >= 15 is 0 Å². The summed E-state index contributed by atoms with van der Waals surface area (Å²) < 4.78 is 11.2. The van der Waals surface area contributed by atoms with E-state index in [0.29, 0.717) is 31.0 Å². The molecule has 1 saturated heterocycles. The summed E-state index contributed by atoms with van der Waals surface area (Å²) in [6.07, 6.45) is 4.84. The Kier molecular flexibility index (Phi) is 4.51. The summed E-state index contributed by atoms with van der Waals surface area (Å²) in [5, 5.41) is 3.30. The molecular formula is C17H26N4O3. The van der Waals surface area contributed by atoms with Crippen molar-refractivity contribution >= 4 is 12.0 Å². The van der Waals surface area contributed by atoms with Crippen molar-refractivity contribution in [3.63, 3.8) is 0 Å². The summed E-state index contributed by atoms with van der Waals surface area (Å²) >= 11 is 0. The number of carbonyl (C=O) groups is 1. The molecule has 3 rings (SSSR count). The van der Waals surface area contributed by atoms with Crippen LogP contribution in [0.1, 0.15) is 45.6 Å². The van der Waals surface area contributed by atoms with E-state index in [1.807, 2.05) is 27.7 Å². The molecule has 0 bridgehead atoms. The van der Waals surface area contributed by atoms with Gasteiger partial charge in [0.15, 0.2) is 0 Å². The third-order valence-corrected chi connectivity index (χ3v) is 3.90. The third kappa shape index (κ3) is 4.49. The second kappa shape index (κ2) is 6.45. The van der Waals surface area contributed by atoms with Gasteiger partial charge in [0.25, 0.3) is 0 Å². The minimum atomic E-state index is -0.474. The van der Waals surface area contributed by atoms with E-state index < -0.39 is 5.60 Å². The first kappa shape index (κ1) is 16.8. The fourth-order valence-corrected chi connectivity index (χ4v) is 2.51. The number of hydrogen-bond donors (Lipinski definition) is 1. The van der Waals surface area contributed by atoms with Crippen LogP contribution in [-0.2, 0) is 4.74 Å². The maximum atomic E-state index is 12.1. The predicted octanol–water partition coefficient (Wildman–Crippen LogP) is 2.75. The van der Waals surface area contributed by atoms with E-state index in [2.05, 4.69) is 15.3 Å². The van der Waals surface area contributed by atoms with E-state index in [4.69, 9.17) is 9.47 Å². The normalized spacial score (nSPS) is 20.8. The molecule has 1 saturated carbocycles. The van der Waals surface area contributed by atoms with Crippen molar-refractivity contribution in [1.29, 1.82) is 0 Å². The molecule has 0 radical (unpaired) electrons. The molecule has 7 heteroatoms. The SMILES string of the molecule is Cc1cnc(N[C@H]2CCN(C(=O)OC(C)(C)C)C2)nc1OC1CC1. The highest BCUT2D eigenvalue weighted by Crippen LogP contribution is 2.28. The van der Waals surface area contributed by atoms with Crippen LogP contribution in [0.5, 0.6) is 5.88 Å². The van der Waals surface area contributed by atoms with E-state index in [9.17, 15) is 4.79 Å². The Balaban J connectivity index is 1.56. The number of aromatic nitrogens is 2. The number of aryl methyl sites for hydroxylation is 1. The predicted molar refractivity (Wildman–Crippen MR) is 90.3 cm³/mol. The van der Waals surface area contributed by atoms with Crippen LogP contribution in [0.25, 0.3) is 0 Å². The van der Waals surface area contributed by atoms with Gasteiger partial charge in [0.1, 0.15) is 11.7 Å². The first-order valence-corrected chi connectivity index (χ1v) is 8.55. The van der Waals surface area contributed by atoms with Crippen LogP contribution in [0.2, 0.25) is 0 Å². The van der Waals surface area contributed by atoms with Gasteiger partial charge in [-0.15, -0.1) is 0 Å². The fourth-order valence-electron chi connectivity index (χ4n) is 2.51. The molecule has 1 aromatic rings. The molecule has 1 aliphatic heterocycles. The van der Waals surface area contributed by atoms with Gasteiger partial charge in [0.2, 0.25) is 11.8 Å². The number of rotatable bonds is 4. The van der Waals surface area contributed by atoms with E-state index in [1.54, 1.807) is 11.1 Å². The van der Waals surface area contributed by atoms with Gasteiger partial charge in [0.05, 0.1) is 0 Å². The van der Waals surface area contributed by atoms with Gasteiger partial charge in [-0.25, -0.2) is 9.78 Å². The Labute approximate surface area is 142 Å². The van der Waals surface area contributed by atoms with Gasteiger partial charge < -0.3 is 19.7 Å². The van der Waals surface area contributed by atoms with Crippen LogP contribution in [0.4, 0.5) is 10.7 Å². The summed E-state index contributed by atoms with van der Waals surface area (Å²) in [6.45, 7) is 8.82. The Morgan fingerprint density at radius 3 is 2.75 bits per heavy atom. The van der Waals surface area contributed by atoms with Crippen molar-refractivity contribution in [2.45, 2.75) is 64.7 Å². The Bertz CT molecular complexity index is 610. The van der Waals surface area contributed by atoms with Crippen LogP contribution in [0.3, 0.4) is 0 Å². The lowest BCUT2D eigenvalue weighted by Crippen LogP contribution is -2.36. The van der Waals surface area contributed by atoms with Gasteiger partial charge in [-0.2, -0.15) is 4.98 Å². The third-order valence-electron chi connectivity index (χ3n) is 3.90. The average Bonchev–Trinajstić information content (AvgIpc) is 3.16. The quantitative estimate of drug-likeness (QED) is 0.912. The zero-order chi connectivity index (χ0) is 17.3. The molecule has 1 amide bonds. The number of anilines is 1. The van der Waals surface area contributed by atoms with Crippen molar-refractivity contribution < 1.29 is 14.3 Å². The van der Waals surface area contributed by atoms with Crippen LogP contribution < -0.4 is 10.1 Å². The van der Waals surface area contributed by atoms with Crippen LogP contribution >= 0.6 is 0 Å². The minimum Gasteiger partial charge on any atom is -0.474 e. The van der Waals surface area contributed by atoms with E-state index in [1.165, 1.54) is 0 Å². The first-order valence-electron chi connectivity index (χ1n) is 8.55. The molecule has 7 nitrogen and oxygen atoms in total. The maximum Gasteiger partial charge on any atom is 0.410 e. The topological polar surface area (TPSA) is 76.6 Å². The number of nitrogens with one attached hydrogen (secondary N) is 1. The monoisotopic (exact) mass is 334 g/mol. The standard InChI is InChI=1S/C17H26N4O3/c1-11-9-18-15(20-14(11)23-13-5-6-13)19-12-7-8-21(10-12)16(22)24-17(2,3)4/h9,12-13H,5-8,10H2,1-4H3,(H,18,19,20)/t12-/m0/s1. The number of nitrogens with zero attached hydrogens (tertiary/aromatic N) is 3. The molecule has 132 valence electrons. The van der Waals surface area contributed by atoms with Crippen LogP contribution in [-0.4, -0.2) is 51.8 Å². The fraction of sp³-hybridized carbons (Fsp3) is 0.706. The van der Waals surface area contributed by atoms with Crippen molar-refractivity contribution in [3.05, 3.63) is 11.8 Å². The molecule has 1 atom stereocenters. The molecule has 2 fully saturated rings. The van der Waals surface area contributed by atoms with Crippen molar-refractivity contribution in [2.75, 3.05) is 18.4 Å². The Morgan fingerprint density at radius 2 is 2.08 bits per heavy atom. The number of hydrogen-bond acceptors (Lipinski definition) is 6. The van der Waals surface area contributed by atoms with Crippen molar-refractivity contribution in [2.24, 2.45) is 0 Å². The largest absolute Gasteiger partial charge is 0.474 e. The second-order valence-electron chi connectivity index (χ2n) is 7.56. The zero-order valence-corrected chi connectivity index (χ0v) is 14.8. The Morgan fingerprint density at radius 1 is 1.33 bits per heavy atom. The van der Waals surface area contributed by atoms with Crippen LogP contribution in [0.15, 0.2) is 6.20 Å². The smallest absolute Gasteiger partial charge is 0.410 e. The number of carbonyl (C=O) groups excluding carboxylic acids is 1. The summed E-state index contributed by atoms with van der Waals surface area (Å²) in [4.78, 5) is 22.6. The lowest BCUT2D eigenvalue weighted by atomic mass is 10.2. The lowest BCUT2D eigenvalue weighted by molar-refractivity contribution is 0.0293. The van der Waals surface area contributed by atoms with Crippen molar-refractivity contribution in [1.82, 2.24) is 14.9 Å². The molecule has 2 heterocycles. The highest BCUT2D eigenvalue weighted by atomic mass is 16.6. The average molecular weight is 334 g/mol. The van der Waals surface area contributed by atoms with Crippen LogP contribution in [0, 0.1) is 6.92 Å². The molecule has 1 aliphatic carbocycles. The minimum absolute atomic E-state index is 0.119. The molecule has 1 aromatic heterocycles. The second-order valence-corrected chi connectivity index (χ2v) is 7.56. The Hall–Kier alpha value is -2.05. The lowest BCUT2D eigenvalue weighted by Gasteiger charge is -2.24. The summed E-state index contributed by atoms with van der Waals surface area (Å²) in [5.74, 6) is 1.20. The van der Waals surface area contributed by atoms with E-state index in [-0.39, 0.29) is 12.1 Å². The maximum absolute atomic E-state index is 12.1. The van der Waals surface area contributed by atoms with Gasteiger partial charge in [0, 0.05) is 30.9 Å². The molecule has 0 spiro atoms. The van der Waals surface area contributed by atoms with E-state index in [0.717, 1.165) is 24.8 Å². The van der Waals surface area contributed by atoms with Gasteiger partial charge in [-0.3, -0.25) is 0 Å². The molecule has 1 N–H and O–H groups in total. The zero-order valence-electron chi connectivity index (χ0n) is 14.8. The molecular weight excluding hydrogens is 308 g/mol. The summed E-state index contributed by atoms with van der Waals surface area (Å²) in [5.41, 5.74) is 0.465. The number of amides is 1. The first-order chi connectivity index (χ1) is 11.3. The van der Waals surface area contributed by atoms with Crippen molar-refractivity contribution in [3.8, 4) is 5.88 Å². The molecule has 0 aromatic carbocycles. The van der Waals surface area contributed by atoms with Gasteiger partial charge >= 0.3 is 6.09 Å².